The maximum Gasteiger partial charge on any atom is 0.142 e. The number of ether oxygens (including phenoxy) is 1. The Labute approximate surface area is 149 Å². The molecule has 5 heteroatoms. The van der Waals surface area contributed by atoms with Gasteiger partial charge in [0, 0.05) is 19.6 Å². The fourth-order valence-corrected chi connectivity index (χ4v) is 3.50. The van der Waals surface area contributed by atoms with E-state index in [9.17, 15) is 5.11 Å². The molecule has 1 aliphatic rings. The number of aromatic nitrogens is 1. The van der Waals surface area contributed by atoms with Gasteiger partial charge in [0.25, 0.3) is 0 Å². The van der Waals surface area contributed by atoms with E-state index in [1.165, 1.54) is 0 Å². The van der Waals surface area contributed by atoms with E-state index in [4.69, 9.17) is 4.74 Å². The molecule has 1 atom stereocenters. The molecule has 0 radical (unpaired) electrons. The SMILES string of the molecule is COc1ccccc1N1CCN(c2cccc([C@@H](C)O)n2)CC1(C)C. The average Bonchev–Trinajstić information content (AvgIpc) is 2.61. The average molecular weight is 341 g/mol. The zero-order chi connectivity index (χ0) is 18.0. The Morgan fingerprint density at radius 2 is 1.88 bits per heavy atom. The minimum atomic E-state index is -0.553. The van der Waals surface area contributed by atoms with Crippen LogP contribution in [0.15, 0.2) is 42.5 Å². The molecule has 1 aromatic carbocycles. The lowest BCUT2D eigenvalue weighted by molar-refractivity contribution is 0.194. The van der Waals surface area contributed by atoms with E-state index < -0.39 is 6.10 Å². The van der Waals surface area contributed by atoms with Crippen LogP contribution in [-0.2, 0) is 0 Å². The van der Waals surface area contributed by atoms with E-state index in [0.717, 1.165) is 36.9 Å². The minimum absolute atomic E-state index is 0.0740. The van der Waals surface area contributed by atoms with Crippen molar-refractivity contribution in [3.05, 3.63) is 48.2 Å². The number of rotatable bonds is 4. The monoisotopic (exact) mass is 341 g/mol. The summed E-state index contributed by atoms with van der Waals surface area (Å²) in [5, 5.41) is 9.79. The van der Waals surface area contributed by atoms with Gasteiger partial charge in [0.2, 0.25) is 0 Å². The number of benzene rings is 1. The first-order valence-electron chi connectivity index (χ1n) is 8.73. The van der Waals surface area contributed by atoms with E-state index in [2.05, 4.69) is 34.7 Å². The molecule has 0 unspecified atom stereocenters. The Bertz CT molecular complexity index is 730. The number of pyridine rings is 1. The van der Waals surface area contributed by atoms with Gasteiger partial charge in [-0.2, -0.15) is 0 Å². The largest absolute Gasteiger partial charge is 0.495 e. The smallest absolute Gasteiger partial charge is 0.142 e. The van der Waals surface area contributed by atoms with Crippen LogP contribution in [0.2, 0.25) is 0 Å². The quantitative estimate of drug-likeness (QED) is 0.925. The Balaban J connectivity index is 1.84. The van der Waals surface area contributed by atoms with Crippen molar-refractivity contribution in [3.63, 3.8) is 0 Å². The summed E-state index contributed by atoms with van der Waals surface area (Å²) in [6.07, 6.45) is -0.553. The lowest BCUT2D eigenvalue weighted by atomic mass is 9.97. The molecular weight excluding hydrogens is 314 g/mol. The van der Waals surface area contributed by atoms with E-state index in [1.54, 1.807) is 14.0 Å². The number of para-hydroxylation sites is 2. The summed E-state index contributed by atoms with van der Waals surface area (Å²) in [7, 11) is 1.72. The molecule has 0 aliphatic carbocycles. The number of aliphatic hydroxyl groups excluding tert-OH is 1. The van der Waals surface area contributed by atoms with Crippen molar-refractivity contribution >= 4 is 11.5 Å². The molecule has 0 saturated carbocycles. The standard InChI is InChI=1S/C20H27N3O2/c1-15(24)16-8-7-11-19(21-16)22-12-13-23(20(2,3)14-22)17-9-5-6-10-18(17)25-4/h5-11,15,24H,12-14H2,1-4H3/t15-/m1/s1. The lowest BCUT2D eigenvalue weighted by Crippen LogP contribution is -2.60. The van der Waals surface area contributed by atoms with Crippen molar-refractivity contribution in [1.29, 1.82) is 0 Å². The zero-order valence-electron chi connectivity index (χ0n) is 15.4. The Morgan fingerprint density at radius 3 is 2.56 bits per heavy atom. The molecule has 2 aromatic rings. The van der Waals surface area contributed by atoms with Crippen LogP contribution in [-0.4, -0.2) is 42.4 Å². The van der Waals surface area contributed by atoms with E-state index >= 15 is 0 Å². The van der Waals surface area contributed by atoms with Crippen molar-refractivity contribution in [2.45, 2.75) is 32.4 Å². The van der Waals surface area contributed by atoms with Gasteiger partial charge in [-0.05, 0) is 45.0 Å². The Hall–Kier alpha value is -2.27. The van der Waals surface area contributed by atoms with Gasteiger partial charge in [-0.25, -0.2) is 4.98 Å². The number of hydrogen-bond donors (Lipinski definition) is 1. The van der Waals surface area contributed by atoms with Crippen LogP contribution >= 0.6 is 0 Å². The molecule has 5 nitrogen and oxygen atoms in total. The first-order chi connectivity index (χ1) is 11.9. The van der Waals surface area contributed by atoms with Crippen LogP contribution < -0.4 is 14.5 Å². The van der Waals surface area contributed by atoms with Gasteiger partial charge in [-0.1, -0.05) is 18.2 Å². The number of piperazine rings is 1. The molecule has 1 N–H and O–H groups in total. The van der Waals surface area contributed by atoms with E-state index in [-0.39, 0.29) is 5.54 Å². The molecule has 2 heterocycles. The molecule has 1 aliphatic heterocycles. The number of aliphatic hydroxyl groups is 1. The summed E-state index contributed by atoms with van der Waals surface area (Å²) in [5.41, 5.74) is 1.76. The number of nitrogens with zero attached hydrogens (tertiary/aromatic N) is 3. The van der Waals surface area contributed by atoms with Crippen molar-refractivity contribution < 1.29 is 9.84 Å². The number of anilines is 2. The first kappa shape index (κ1) is 17.5. The van der Waals surface area contributed by atoms with Gasteiger partial charge in [0.05, 0.1) is 30.1 Å². The molecule has 134 valence electrons. The van der Waals surface area contributed by atoms with Crippen molar-refractivity contribution in [3.8, 4) is 5.75 Å². The van der Waals surface area contributed by atoms with Crippen LogP contribution in [0.1, 0.15) is 32.6 Å². The Morgan fingerprint density at radius 1 is 1.12 bits per heavy atom. The molecule has 0 bridgehead atoms. The minimum Gasteiger partial charge on any atom is -0.495 e. The lowest BCUT2D eigenvalue weighted by Gasteiger charge is -2.49. The summed E-state index contributed by atoms with van der Waals surface area (Å²) >= 11 is 0. The van der Waals surface area contributed by atoms with Crippen molar-refractivity contribution in [1.82, 2.24) is 4.98 Å². The molecule has 3 rings (SSSR count). The van der Waals surface area contributed by atoms with Crippen molar-refractivity contribution in [2.24, 2.45) is 0 Å². The zero-order valence-corrected chi connectivity index (χ0v) is 15.4. The fraction of sp³-hybridized carbons (Fsp3) is 0.450. The predicted octanol–water partition coefficient (Wildman–Crippen LogP) is 3.25. The van der Waals surface area contributed by atoms with Gasteiger partial charge < -0.3 is 19.6 Å². The highest BCUT2D eigenvalue weighted by atomic mass is 16.5. The highest BCUT2D eigenvalue weighted by Gasteiger charge is 2.35. The molecule has 1 fully saturated rings. The van der Waals surface area contributed by atoms with Gasteiger partial charge >= 0.3 is 0 Å². The first-order valence-corrected chi connectivity index (χ1v) is 8.73. The van der Waals surface area contributed by atoms with E-state index in [0.29, 0.717) is 5.69 Å². The summed E-state index contributed by atoms with van der Waals surface area (Å²) in [6, 6.07) is 14.0. The van der Waals surface area contributed by atoms with Crippen molar-refractivity contribution in [2.75, 3.05) is 36.5 Å². The highest BCUT2D eigenvalue weighted by Crippen LogP contribution is 2.35. The molecule has 0 amide bonds. The third-order valence-corrected chi connectivity index (χ3v) is 4.79. The highest BCUT2D eigenvalue weighted by molar-refractivity contribution is 5.61. The fourth-order valence-electron chi connectivity index (χ4n) is 3.50. The molecule has 0 spiro atoms. The van der Waals surface area contributed by atoms with Crippen LogP contribution in [0.5, 0.6) is 5.75 Å². The van der Waals surface area contributed by atoms with Crippen LogP contribution in [0.4, 0.5) is 11.5 Å². The molecule has 25 heavy (non-hydrogen) atoms. The summed E-state index contributed by atoms with van der Waals surface area (Å²) in [4.78, 5) is 9.32. The maximum atomic E-state index is 9.79. The predicted molar refractivity (Wildman–Crippen MR) is 102 cm³/mol. The van der Waals surface area contributed by atoms with Gasteiger partial charge in [-0.15, -0.1) is 0 Å². The third kappa shape index (κ3) is 3.56. The molecule has 1 aromatic heterocycles. The van der Waals surface area contributed by atoms with Gasteiger partial charge in [0.1, 0.15) is 11.6 Å². The maximum absolute atomic E-state index is 9.79. The van der Waals surface area contributed by atoms with Gasteiger partial charge in [0.15, 0.2) is 0 Å². The third-order valence-electron chi connectivity index (χ3n) is 4.79. The normalized spacial score (nSPS) is 18.1. The number of hydrogen-bond acceptors (Lipinski definition) is 5. The number of methoxy groups -OCH3 is 1. The summed E-state index contributed by atoms with van der Waals surface area (Å²) < 4.78 is 5.55. The summed E-state index contributed by atoms with van der Waals surface area (Å²) in [5.74, 6) is 1.82. The Kier molecular flexibility index (Phi) is 4.86. The molecular formula is C20H27N3O2. The second-order valence-electron chi connectivity index (χ2n) is 7.15. The second kappa shape index (κ2) is 6.92. The van der Waals surface area contributed by atoms with Crippen LogP contribution in [0.25, 0.3) is 0 Å². The summed E-state index contributed by atoms with van der Waals surface area (Å²) in [6.45, 7) is 8.83. The molecule has 1 saturated heterocycles. The van der Waals surface area contributed by atoms with Crippen LogP contribution in [0, 0.1) is 0 Å². The van der Waals surface area contributed by atoms with Gasteiger partial charge in [-0.3, -0.25) is 0 Å². The second-order valence-corrected chi connectivity index (χ2v) is 7.15. The van der Waals surface area contributed by atoms with Crippen LogP contribution in [0.3, 0.4) is 0 Å². The topological polar surface area (TPSA) is 48.8 Å². The van der Waals surface area contributed by atoms with E-state index in [1.807, 2.05) is 36.4 Å².